The van der Waals surface area contributed by atoms with Gasteiger partial charge in [-0.05, 0) is 37.5 Å². The molecule has 2 atom stereocenters. The van der Waals surface area contributed by atoms with E-state index >= 15 is 0 Å². The summed E-state index contributed by atoms with van der Waals surface area (Å²) >= 11 is 0. The van der Waals surface area contributed by atoms with Gasteiger partial charge in [-0.15, -0.1) is 0 Å². The zero-order valence-corrected chi connectivity index (χ0v) is 20.3. The molecular formula is C29H33N3O3. The van der Waals surface area contributed by atoms with E-state index in [0.29, 0.717) is 13.0 Å². The molecule has 2 aromatic carbocycles. The summed E-state index contributed by atoms with van der Waals surface area (Å²) in [5.74, 6) is 0.891. The van der Waals surface area contributed by atoms with Crippen molar-refractivity contribution in [2.45, 2.75) is 70.0 Å². The quantitative estimate of drug-likeness (QED) is 0.546. The van der Waals surface area contributed by atoms with Gasteiger partial charge >= 0.3 is 0 Å². The molecule has 6 heteroatoms. The first-order chi connectivity index (χ1) is 17.2. The Hall–Kier alpha value is -3.28. The molecule has 2 fully saturated rings. The summed E-state index contributed by atoms with van der Waals surface area (Å²) in [7, 11) is 0. The molecule has 3 aliphatic rings. The molecule has 6 nitrogen and oxygen atoms in total. The summed E-state index contributed by atoms with van der Waals surface area (Å²) in [6.07, 6.45) is 7.25. The lowest BCUT2D eigenvalue weighted by atomic mass is 9.85. The lowest BCUT2D eigenvalue weighted by Crippen LogP contribution is -2.64. The highest BCUT2D eigenvalue weighted by molar-refractivity contribution is 5.98. The number of carbonyl (C=O) groups is 2. The largest absolute Gasteiger partial charge is 0.494 e. The summed E-state index contributed by atoms with van der Waals surface area (Å²) in [6, 6.07) is 15.5. The number of H-pyrrole nitrogens is 1. The Morgan fingerprint density at radius 3 is 2.51 bits per heavy atom. The Kier molecular flexibility index (Phi) is 5.75. The van der Waals surface area contributed by atoms with Gasteiger partial charge in [-0.1, -0.05) is 62.1 Å². The van der Waals surface area contributed by atoms with Crippen molar-refractivity contribution in [3.05, 3.63) is 65.4 Å². The number of ether oxygens (including phenoxy) is 1. The molecule has 35 heavy (non-hydrogen) atoms. The first-order valence-corrected chi connectivity index (χ1v) is 13.1. The second-order valence-corrected chi connectivity index (χ2v) is 10.1. The predicted octanol–water partition coefficient (Wildman–Crippen LogP) is 4.97. The Morgan fingerprint density at radius 2 is 1.71 bits per heavy atom. The number of para-hydroxylation sites is 2. The maximum absolute atomic E-state index is 14.1. The number of nitrogens with zero attached hydrogens (tertiary/aromatic N) is 2. The van der Waals surface area contributed by atoms with Gasteiger partial charge in [0, 0.05) is 34.6 Å². The fourth-order valence-electron chi connectivity index (χ4n) is 6.48. The fraction of sp³-hybridized carbons (Fsp3) is 0.448. The number of benzene rings is 2. The van der Waals surface area contributed by atoms with Gasteiger partial charge in [0.25, 0.3) is 0 Å². The highest BCUT2D eigenvalue weighted by atomic mass is 16.5. The van der Waals surface area contributed by atoms with Crippen molar-refractivity contribution in [2.24, 2.45) is 0 Å². The molecule has 1 unspecified atom stereocenters. The first-order valence-electron chi connectivity index (χ1n) is 13.1. The molecule has 1 saturated heterocycles. The van der Waals surface area contributed by atoms with Crippen LogP contribution in [0, 0.1) is 0 Å². The zero-order valence-electron chi connectivity index (χ0n) is 20.3. The van der Waals surface area contributed by atoms with Gasteiger partial charge in [0.05, 0.1) is 6.61 Å². The van der Waals surface area contributed by atoms with E-state index in [2.05, 4.69) is 17.1 Å². The van der Waals surface area contributed by atoms with Gasteiger partial charge in [-0.2, -0.15) is 0 Å². The number of carbonyl (C=O) groups excluding carboxylic acids is 2. The van der Waals surface area contributed by atoms with Crippen LogP contribution in [0.1, 0.15) is 68.3 Å². The molecule has 3 heterocycles. The summed E-state index contributed by atoms with van der Waals surface area (Å²) in [5, 5.41) is 1.13. The summed E-state index contributed by atoms with van der Waals surface area (Å²) in [6.45, 7) is 2.67. The predicted molar refractivity (Wildman–Crippen MR) is 135 cm³/mol. The topological polar surface area (TPSA) is 65.6 Å². The van der Waals surface area contributed by atoms with E-state index in [0.717, 1.165) is 59.2 Å². The minimum absolute atomic E-state index is 0.0273. The normalized spacial score (nSPS) is 23.2. The number of aromatic amines is 1. The standard InChI is InChI=1S/C29H33N3O3/c1-2-35-25-16-10-8-14-21(25)28-27-22(20-13-7-9-15-23(20)30-27)17-24-29(34)31(18-26(33)32(24)28)19-11-5-3-4-6-12-19/h7-10,13-16,19,24,28,30H,2-6,11-12,17-18H2,1H3/t24-,28?/m1/s1. The summed E-state index contributed by atoms with van der Waals surface area (Å²) in [5.41, 5.74) is 4.10. The maximum atomic E-state index is 14.1. The van der Waals surface area contributed by atoms with Crippen LogP contribution in [0.2, 0.25) is 0 Å². The van der Waals surface area contributed by atoms with Crippen molar-refractivity contribution < 1.29 is 14.3 Å². The van der Waals surface area contributed by atoms with Gasteiger partial charge in [-0.3, -0.25) is 9.59 Å². The van der Waals surface area contributed by atoms with Crippen molar-refractivity contribution in [3.8, 4) is 5.75 Å². The monoisotopic (exact) mass is 471 g/mol. The van der Waals surface area contributed by atoms with E-state index in [1.165, 1.54) is 12.8 Å². The molecule has 1 aliphatic carbocycles. The molecule has 0 spiro atoms. The number of nitrogens with one attached hydrogen (secondary N) is 1. The third kappa shape index (κ3) is 3.70. The number of piperazine rings is 1. The van der Waals surface area contributed by atoms with Gasteiger partial charge in [0.2, 0.25) is 11.8 Å². The van der Waals surface area contributed by atoms with Crippen LogP contribution in [-0.2, 0) is 16.0 Å². The number of hydrogen-bond donors (Lipinski definition) is 1. The van der Waals surface area contributed by atoms with Crippen LogP contribution in [0.3, 0.4) is 0 Å². The molecule has 1 N–H and O–H groups in total. The minimum atomic E-state index is -0.495. The summed E-state index contributed by atoms with van der Waals surface area (Å²) in [4.78, 5) is 35.3. The van der Waals surface area contributed by atoms with Crippen LogP contribution in [0.4, 0.5) is 0 Å². The van der Waals surface area contributed by atoms with Crippen molar-refractivity contribution in [1.29, 1.82) is 0 Å². The molecule has 2 aliphatic heterocycles. The lowest BCUT2D eigenvalue weighted by molar-refractivity contribution is -0.161. The Morgan fingerprint density at radius 1 is 0.971 bits per heavy atom. The Labute approximate surface area is 206 Å². The summed E-state index contributed by atoms with van der Waals surface area (Å²) < 4.78 is 6.00. The Balaban J connectivity index is 1.48. The van der Waals surface area contributed by atoms with Crippen molar-refractivity contribution >= 4 is 22.7 Å². The van der Waals surface area contributed by atoms with E-state index in [4.69, 9.17) is 4.74 Å². The van der Waals surface area contributed by atoms with Crippen molar-refractivity contribution in [1.82, 2.24) is 14.8 Å². The minimum Gasteiger partial charge on any atom is -0.494 e. The lowest BCUT2D eigenvalue weighted by Gasteiger charge is -2.49. The van der Waals surface area contributed by atoms with Crippen molar-refractivity contribution in [2.75, 3.05) is 13.2 Å². The van der Waals surface area contributed by atoms with Crippen LogP contribution >= 0.6 is 0 Å². The molecule has 6 rings (SSSR count). The molecule has 1 saturated carbocycles. The number of hydrogen-bond acceptors (Lipinski definition) is 3. The van der Waals surface area contributed by atoms with Gasteiger partial charge in [0.15, 0.2) is 0 Å². The molecule has 1 aromatic heterocycles. The number of aromatic nitrogens is 1. The van der Waals surface area contributed by atoms with E-state index in [9.17, 15) is 9.59 Å². The highest BCUT2D eigenvalue weighted by Crippen LogP contribution is 2.45. The second kappa shape index (κ2) is 9.06. The van der Waals surface area contributed by atoms with Gasteiger partial charge in [0.1, 0.15) is 24.4 Å². The fourth-order valence-corrected chi connectivity index (χ4v) is 6.48. The molecule has 0 radical (unpaired) electrons. The molecule has 3 aromatic rings. The average molecular weight is 472 g/mol. The van der Waals surface area contributed by atoms with Crippen molar-refractivity contribution in [3.63, 3.8) is 0 Å². The van der Waals surface area contributed by atoms with Gasteiger partial charge in [-0.25, -0.2) is 0 Å². The number of amides is 2. The third-order valence-electron chi connectivity index (χ3n) is 8.07. The van der Waals surface area contributed by atoms with E-state index in [1.807, 2.05) is 53.1 Å². The number of rotatable bonds is 4. The second-order valence-electron chi connectivity index (χ2n) is 10.1. The smallest absolute Gasteiger partial charge is 0.246 e. The van der Waals surface area contributed by atoms with Crippen LogP contribution in [-0.4, -0.2) is 51.8 Å². The SMILES string of the molecule is CCOc1ccccc1C1c2[nH]c3ccccc3c2C[C@@H]2C(=O)N(C3CCCCCC3)CC(=O)N12. The number of fused-ring (bicyclic) bond motifs is 4. The third-order valence-corrected chi connectivity index (χ3v) is 8.07. The average Bonchev–Trinajstić information content (AvgIpc) is 3.04. The first kappa shape index (κ1) is 22.2. The molecule has 0 bridgehead atoms. The maximum Gasteiger partial charge on any atom is 0.246 e. The highest BCUT2D eigenvalue weighted by Gasteiger charge is 2.49. The van der Waals surface area contributed by atoms with Crippen LogP contribution in [0.5, 0.6) is 5.75 Å². The van der Waals surface area contributed by atoms with Crippen LogP contribution in [0.15, 0.2) is 48.5 Å². The van der Waals surface area contributed by atoms with Crippen LogP contribution < -0.4 is 4.74 Å². The van der Waals surface area contributed by atoms with E-state index in [1.54, 1.807) is 0 Å². The molecule has 182 valence electrons. The molecule has 2 amide bonds. The molecular weight excluding hydrogens is 438 g/mol. The van der Waals surface area contributed by atoms with E-state index in [-0.39, 0.29) is 30.4 Å². The van der Waals surface area contributed by atoms with Gasteiger partial charge < -0.3 is 19.5 Å². The van der Waals surface area contributed by atoms with Crippen LogP contribution in [0.25, 0.3) is 10.9 Å². The Bertz CT molecular complexity index is 1260. The zero-order chi connectivity index (χ0) is 23.9. The van der Waals surface area contributed by atoms with E-state index < -0.39 is 6.04 Å².